The van der Waals surface area contributed by atoms with Gasteiger partial charge in [0.05, 0.1) is 19.3 Å². The highest BCUT2D eigenvalue weighted by Crippen LogP contribution is 2.04. The molecule has 0 spiro atoms. The van der Waals surface area contributed by atoms with E-state index in [0.29, 0.717) is 12.0 Å². The number of nitrogens with one attached hydrogen (secondary N) is 3. The number of carboxylic acids is 1. The summed E-state index contributed by atoms with van der Waals surface area (Å²) in [5.74, 6) is -4.07. The molecule has 0 saturated carbocycles. The zero-order chi connectivity index (χ0) is 26.4. The number of carboxylic acid groups (broad SMARTS) is 1. The fourth-order valence-corrected chi connectivity index (χ4v) is 2.91. The summed E-state index contributed by atoms with van der Waals surface area (Å²) in [6.45, 7) is -1.42. The van der Waals surface area contributed by atoms with Crippen LogP contribution in [0.3, 0.4) is 0 Å². The Hall–Kier alpha value is -3.75. The van der Waals surface area contributed by atoms with Gasteiger partial charge in [0.15, 0.2) is 5.96 Å². The first-order valence-electron chi connectivity index (χ1n) is 10.8. The molecule has 35 heavy (non-hydrogen) atoms. The molecule has 14 nitrogen and oxygen atoms in total. The van der Waals surface area contributed by atoms with E-state index in [1.165, 1.54) is 0 Å². The Kier molecular flexibility index (Phi) is 12.7. The van der Waals surface area contributed by atoms with Crippen molar-refractivity contribution in [2.45, 2.75) is 43.4 Å². The second-order valence-corrected chi connectivity index (χ2v) is 7.63. The van der Waals surface area contributed by atoms with E-state index >= 15 is 0 Å². The van der Waals surface area contributed by atoms with Gasteiger partial charge in [0, 0.05) is 13.0 Å². The highest BCUT2D eigenvalue weighted by Gasteiger charge is 2.29. The number of carbonyl (C=O) groups is 4. The number of aliphatic hydroxyl groups excluding tert-OH is 2. The first-order chi connectivity index (χ1) is 16.6. The third-order valence-corrected chi connectivity index (χ3v) is 4.83. The van der Waals surface area contributed by atoms with Crippen molar-refractivity contribution in [1.82, 2.24) is 16.0 Å². The van der Waals surface area contributed by atoms with Crippen LogP contribution in [-0.4, -0.2) is 88.9 Å². The Morgan fingerprint density at radius 3 is 1.86 bits per heavy atom. The first kappa shape index (κ1) is 29.3. The Morgan fingerprint density at radius 2 is 1.37 bits per heavy atom. The Labute approximate surface area is 201 Å². The van der Waals surface area contributed by atoms with Crippen LogP contribution in [-0.2, 0) is 25.6 Å². The van der Waals surface area contributed by atoms with Gasteiger partial charge in [-0.1, -0.05) is 30.3 Å². The van der Waals surface area contributed by atoms with Gasteiger partial charge in [-0.25, -0.2) is 4.79 Å². The van der Waals surface area contributed by atoms with Crippen molar-refractivity contribution in [1.29, 1.82) is 0 Å². The minimum atomic E-state index is -1.53. The fourth-order valence-electron chi connectivity index (χ4n) is 2.91. The normalized spacial score (nSPS) is 14.0. The number of nitrogens with zero attached hydrogens (tertiary/aromatic N) is 1. The highest BCUT2D eigenvalue weighted by atomic mass is 16.4. The molecule has 0 fully saturated rings. The van der Waals surface area contributed by atoms with E-state index < -0.39 is 61.1 Å². The van der Waals surface area contributed by atoms with Gasteiger partial charge in [-0.3, -0.25) is 19.4 Å². The third-order valence-electron chi connectivity index (χ3n) is 4.83. The molecule has 1 aromatic carbocycles. The van der Waals surface area contributed by atoms with Gasteiger partial charge in [-0.2, -0.15) is 0 Å². The minimum absolute atomic E-state index is 0.0234. The molecule has 0 saturated heterocycles. The summed E-state index contributed by atoms with van der Waals surface area (Å²) in [5.41, 5.74) is 16.8. The lowest BCUT2D eigenvalue weighted by Crippen LogP contribution is -2.59. The van der Waals surface area contributed by atoms with Crippen molar-refractivity contribution in [2.24, 2.45) is 22.2 Å². The van der Waals surface area contributed by atoms with Gasteiger partial charge in [0.2, 0.25) is 17.7 Å². The van der Waals surface area contributed by atoms with E-state index in [0.717, 1.165) is 0 Å². The second kappa shape index (κ2) is 15.2. The van der Waals surface area contributed by atoms with Gasteiger partial charge in [0.1, 0.15) is 18.1 Å². The highest BCUT2D eigenvalue weighted by molar-refractivity contribution is 5.94. The average Bonchev–Trinajstić information content (AvgIpc) is 2.82. The molecule has 0 bridgehead atoms. The van der Waals surface area contributed by atoms with Crippen molar-refractivity contribution >= 4 is 29.7 Å². The van der Waals surface area contributed by atoms with Crippen molar-refractivity contribution in [3.05, 3.63) is 35.9 Å². The van der Waals surface area contributed by atoms with Crippen LogP contribution in [0.1, 0.15) is 18.4 Å². The standard InChI is InChI=1S/C21H33N7O7/c22-13(7-4-8-25-21(23)24)17(31)27-15(10-29)19(33)28-16(11-30)18(32)26-14(20(34)35)9-12-5-2-1-3-6-12/h1-3,5-6,13-16,29-30H,4,7-11,22H2,(H,26,32)(H,27,31)(H,28,33)(H,34,35)(H4,23,24,25). The average molecular weight is 496 g/mol. The molecular formula is C21H33N7O7. The van der Waals surface area contributed by atoms with E-state index in [1.807, 2.05) is 0 Å². The maximum Gasteiger partial charge on any atom is 0.326 e. The summed E-state index contributed by atoms with van der Waals surface area (Å²) < 4.78 is 0. The second-order valence-electron chi connectivity index (χ2n) is 7.63. The molecule has 1 aromatic rings. The molecular weight excluding hydrogens is 462 g/mol. The number of guanidine groups is 1. The molecule has 14 heteroatoms. The van der Waals surface area contributed by atoms with E-state index in [9.17, 15) is 34.5 Å². The number of nitrogens with two attached hydrogens (primary N) is 3. The number of aliphatic imine (C=N–C) groups is 1. The molecule has 0 aliphatic carbocycles. The summed E-state index contributed by atoms with van der Waals surface area (Å²) in [6.07, 6.45) is 0.565. The SMILES string of the molecule is NC(N)=NCCCC(N)C(=O)NC(CO)C(=O)NC(CO)C(=O)NC(Cc1ccccc1)C(=O)O. The van der Waals surface area contributed by atoms with E-state index in [1.54, 1.807) is 30.3 Å². The molecule has 0 heterocycles. The lowest BCUT2D eigenvalue weighted by atomic mass is 10.1. The summed E-state index contributed by atoms with van der Waals surface area (Å²) in [6, 6.07) is 3.23. The smallest absolute Gasteiger partial charge is 0.326 e. The largest absolute Gasteiger partial charge is 0.480 e. The lowest BCUT2D eigenvalue weighted by molar-refractivity contribution is -0.142. The summed E-state index contributed by atoms with van der Waals surface area (Å²) in [5, 5.41) is 35.2. The zero-order valence-electron chi connectivity index (χ0n) is 19.1. The topological polar surface area (TPSA) is 255 Å². The van der Waals surface area contributed by atoms with E-state index in [2.05, 4.69) is 20.9 Å². The predicted molar refractivity (Wildman–Crippen MR) is 126 cm³/mol. The molecule has 0 aliphatic heterocycles. The molecule has 4 atom stereocenters. The minimum Gasteiger partial charge on any atom is -0.480 e. The maximum atomic E-state index is 12.5. The first-order valence-corrected chi connectivity index (χ1v) is 10.8. The van der Waals surface area contributed by atoms with Crippen LogP contribution in [0.25, 0.3) is 0 Å². The molecule has 4 unspecified atom stereocenters. The quantitative estimate of drug-likeness (QED) is 0.0649. The Balaban J connectivity index is 2.68. The van der Waals surface area contributed by atoms with Gasteiger partial charge < -0.3 is 48.5 Å². The zero-order valence-corrected chi connectivity index (χ0v) is 19.1. The van der Waals surface area contributed by atoms with E-state index in [-0.39, 0.29) is 25.3 Å². The summed E-state index contributed by atoms with van der Waals surface area (Å²) >= 11 is 0. The van der Waals surface area contributed by atoms with Gasteiger partial charge in [-0.15, -0.1) is 0 Å². The molecule has 0 aromatic heterocycles. The number of rotatable bonds is 15. The Morgan fingerprint density at radius 1 is 0.857 bits per heavy atom. The van der Waals surface area contributed by atoms with Crippen LogP contribution in [0.4, 0.5) is 0 Å². The van der Waals surface area contributed by atoms with Crippen LogP contribution in [0.2, 0.25) is 0 Å². The van der Waals surface area contributed by atoms with Crippen molar-refractivity contribution in [3.63, 3.8) is 0 Å². The number of hydrogen-bond acceptors (Lipinski definition) is 8. The number of aliphatic carboxylic acids is 1. The van der Waals surface area contributed by atoms with Gasteiger partial charge >= 0.3 is 5.97 Å². The van der Waals surface area contributed by atoms with Crippen molar-refractivity contribution in [2.75, 3.05) is 19.8 Å². The molecule has 3 amide bonds. The van der Waals surface area contributed by atoms with E-state index in [4.69, 9.17) is 17.2 Å². The van der Waals surface area contributed by atoms with Gasteiger partial charge in [0.25, 0.3) is 0 Å². The molecule has 0 aliphatic rings. The maximum absolute atomic E-state index is 12.5. The van der Waals surface area contributed by atoms with Crippen LogP contribution in [0, 0.1) is 0 Å². The molecule has 12 N–H and O–H groups in total. The van der Waals surface area contributed by atoms with Crippen LogP contribution < -0.4 is 33.2 Å². The van der Waals surface area contributed by atoms with Crippen LogP contribution in [0.15, 0.2) is 35.3 Å². The number of amides is 3. The van der Waals surface area contributed by atoms with Crippen molar-refractivity contribution < 1.29 is 34.5 Å². The molecule has 1 rings (SSSR count). The van der Waals surface area contributed by atoms with Gasteiger partial charge in [-0.05, 0) is 18.4 Å². The molecule has 194 valence electrons. The fraction of sp³-hybridized carbons (Fsp3) is 0.476. The third kappa shape index (κ3) is 10.8. The lowest BCUT2D eigenvalue weighted by Gasteiger charge is -2.23. The number of carbonyl (C=O) groups excluding carboxylic acids is 3. The van der Waals surface area contributed by atoms with Crippen molar-refractivity contribution in [3.8, 4) is 0 Å². The van der Waals surface area contributed by atoms with Crippen LogP contribution in [0.5, 0.6) is 0 Å². The summed E-state index contributed by atoms with van der Waals surface area (Å²) in [4.78, 5) is 52.5. The predicted octanol–water partition coefficient (Wildman–Crippen LogP) is -3.87. The number of aliphatic hydroxyl groups is 2. The van der Waals surface area contributed by atoms with Crippen LogP contribution >= 0.6 is 0 Å². The number of benzene rings is 1. The Bertz CT molecular complexity index is 878. The monoisotopic (exact) mass is 495 g/mol. The summed E-state index contributed by atoms with van der Waals surface area (Å²) in [7, 11) is 0. The number of hydrogen-bond donors (Lipinski definition) is 9. The molecule has 0 radical (unpaired) electrons.